The Bertz CT molecular complexity index is 676. The van der Waals surface area contributed by atoms with Crippen LogP contribution in [0.3, 0.4) is 0 Å². The number of nitrogens with one attached hydrogen (secondary N) is 1. The van der Waals surface area contributed by atoms with Crippen LogP contribution in [-0.2, 0) is 4.79 Å². The number of hydrogen-bond donors (Lipinski definition) is 2. The second kappa shape index (κ2) is 7.74. The van der Waals surface area contributed by atoms with Gasteiger partial charge in [-0.05, 0) is 38.1 Å². The molecule has 0 saturated carbocycles. The van der Waals surface area contributed by atoms with E-state index in [-0.39, 0.29) is 23.7 Å². The van der Waals surface area contributed by atoms with Crippen LogP contribution in [0.5, 0.6) is 5.75 Å². The van der Waals surface area contributed by atoms with E-state index in [0.717, 1.165) is 11.3 Å². The molecule has 5 heteroatoms. The van der Waals surface area contributed by atoms with E-state index < -0.39 is 5.82 Å². The van der Waals surface area contributed by atoms with Gasteiger partial charge in [-0.1, -0.05) is 24.3 Å². The Labute approximate surface area is 135 Å². The third kappa shape index (κ3) is 4.29. The number of ether oxygens (including phenoxy) is 1. The number of amides is 1. The van der Waals surface area contributed by atoms with E-state index in [9.17, 15) is 9.18 Å². The molecule has 0 bridgehead atoms. The molecule has 0 aliphatic carbocycles. The smallest absolute Gasteiger partial charge is 0.282 e. The minimum absolute atomic E-state index is 0.0347. The number of benzene rings is 2. The number of anilines is 1. The Morgan fingerprint density at radius 2 is 1.78 bits per heavy atom. The number of hydrogen-bond acceptors (Lipinski definition) is 2. The van der Waals surface area contributed by atoms with Crippen LogP contribution in [0.2, 0.25) is 0 Å². The molecule has 0 heterocycles. The van der Waals surface area contributed by atoms with Crippen LogP contribution in [0.25, 0.3) is 0 Å². The fraction of sp³-hybridized carbons (Fsp3) is 0.278. The van der Waals surface area contributed by atoms with Crippen LogP contribution in [0.1, 0.15) is 25.5 Å². The van der Waals surface area contributed by atoms with Gasteiger partial charge in [0.1, 0.15) is 17.6 Å². The number of carbonyl (C=O) groups excluding carboxylic acids is 1. The Morgan fingerprint density at radius 1 is 1.13 bits per heavy atom. The number of carbonyl (C=O) groups is 1. The SMILES string of the molecule is COc1ccccc1[C@H](C)[NH2+][C@H](C)C(=O)Nc1ccccc1F. The number of methoxy groups -OCH3 is 1. The monoisotopic (exact) mass is 317 g/mol. The Kier molecular flexibility index (Phi) is 5.71. The van der Waals surface area contributed by atoms with Crippen molar-refractivity contribution in [2.45, 2.75) is 25.9 Å². The van der Waals surface area contributed by atoms with E-state index in [4.69, 9.17) is 4.74 Å². The second-order valence-electron chi connectivity index (χ2n) is 5.48. The lowest BCUT2D eigenvalue weighted by Gasteiger charge is -2.18. The molecule has 0 aliphatic heterocycles. The van der Waals surface area contributed by atoms with Gasteiger partial charge in [-0.2, -0.15) is 0 Å². The summed E-state index contributed by atoms with van der Waals surface area (Å²) in [7, 11) is 1.62. The first-order valence-electron chi connectivity index (χ1n) is 7.56. The highest BCUT2D eigenvalue weighted by molar-refractivity contribution is 5.93. The molecule has 2 rings (SSSR count). The summed E-state index contributed by atoms with van der Waals surface area (Å²) in [5.41, 5.74) is 1.21. The van der Waals surface area contributed by atoms with E-state index in [1.54, 1.807) is 32.2 Å². The average Bonchev–Trinajstić information content (AvgIpc) is 2.56. The van der Waals surface area contributed by atoms with Crippen molar-refractivity contribution in [3.8, 4) is 5.75 Å². The highest BCUT2D eigenvalue weighted by Crippen LogP contribution is 2.22. The Hall–Kier alpha value is -2.40. The van der Waals surface area contributed by atoms with Gasteiger partial charge in [0.2, 0.25) is 0 Å². The zero-order valence-electron chi connectivity index (χ0n) is 13.5. The predicted octanol–water partition coefficient (Wildman–Crippen LogP) is 2.49. The summed E-state index contributed by atoms with van der Waals surface area (Å²) in [5.74, 6) is 0.112. The molecule has 4 nitrogen and oxygen atoms in total. The van der Waals surface area contributed by atoms with Crippen molar-refractivity contribution in [3.05, 3.63) is 59.9 Å². The van der Waals surface area contributed by atoms with Gasteiger partial charge in [-0.25, -0.2) is 4.39 Å². The van der Waals surface area contributed by atoms with Crippen molar-refractivity contribution in [2.75, 3.05) is 12.4 Å². The predicted molar refractivity (Wildman–Crippen MR) is 87.8 cm³/mol. The molecule has 122 valence electrons. The highest BCUT2D eigenvalue weighted by atomic mass is 19.1. The second-order valence-corrected chi connectivity index (χ2v) is 5.48. The van der Waals surface area contributed by atoms with Gasteiger partial charge >= 0.3 is 0 Å². The third-order valence-electron chi connectivity index (χ3n) is 3.75. The number of halogens is 1. The van der Waals surface area contributed by atoms with Crippen molar-refractivity contribution < 1.29 is 19.2 Å². The van der Waals surface area contributed by atoms with E-state index in [1.807, 2.05) is 36.5 Å². The molecule has 0 saturated heterocycles. The normalized spacial score (nSPS) is 13.2. The Morgan fingerprint density at radius 3 is 2.48 bits per heavy atom. The largest absolute Gasteiger partial charge is 0.496 e. The third-order valence-corrected chi connectivity index (χ3v) is 3.75. The van der Waals surface area contributed by atoms with E-state index in [0.29, 0.717) is 0 Å². The molecule has 2 aromatic carbocycles. The van der Waals surface area contributed by atoms with E-state index >= 15 is 0 Å². The van der Waals surface area contributed by atoms with Crippen LogP contribution < -0.4 is 15.4 Å². The summed E-state index contributed by atoms with van der Waals surface area (Å²) in [6.45, 7) is 3.80. The molecule has 0 spiro atoms. The van der Waals surface area contributed by atoms with Crippen LogP contribution in [0.15, 0.2) is 48.5 Å². The van der Waals surface area contributed by atoms with Gasteiger partial charge in [-0.3, -0.25) is 4.79 Å². The maximum atomic E-state index is 13.6. The summed E-state index contributed by atoms with van der Waals surface area (Å²) in [5, 5.41) is 4.54. The van der Waals surface area contributed by atoms with E-state index in [2.05, 4.69) is 5.32 Å². The van der Waals surface area contributed by atoms with Gasteiger partial charge in [-0.15, -0.1) is 0 Å². The summed E-state index contributed by atoms with van der Waals surface area (Å²) in [4.78, 5) is 12.2. The number of quaternary nitrogens is 1. The first-order valence-corrected chi connectivity index (χ1v) is 7.56. The minimum atomic E-state index is -0.439. The van der Waals surface area contributed by atoms with E-state index in [1.165, 1.54) is 6.07 Å². The van der Waals surface area contributed by atoms with Gasteiger partial charge in [0, 0.05) is 0 Å². The highest BCUT2D eigenvalue weighted by Gasteiger charge is 2.22. The number of para-hydroxylation sites is 2. The average molecular weight is 317 g/mol. The molecular weight excluding hydrogens is 295 g/mol. The summed E-state index contributed by atoms with van der Waals surface area (Å²) in [6.07, 6.45) is 0. The number of rotatable bonds is 6. The summed E-state index contributed by atoms with van der Waals surface area (Å²) >= 11 is 0. The molecule has 2 aromatic rings. The lowest BCUT2D eigenvalue weighted by molar-refractivity contribution is -0.709. The maximum Gasteiger partial charge on any atom is 0.282 e. The molecule has 0 aromatic heterocycles. The van der Waals surface area contributed by atoms with Crippen LogP contribution in [0, 0.1) is 5.82 Å². The zero-order chi connectivity index (χ0) is 16.8. The molecule has 0 radical (unpaired) electrons. The van der Waals surface area contributed by atoms with Crippen molar-refractivity contribution in [1.82, 2.24) is 0 Å². The number of nitrogens with two attached hydrogens (primary N) is 1. The van der Waals surface area contributed by atoms with Gasteiger partial charge in [0.25, 0.3) is 5.91 Å². The lowest BCUT2D eigenvalue weighted by atomic mass is 10.1. The van der Waals surface area contributed by atoms with Gasteiger partial charge < -0.3 is 15.4 Å². The molecule has 23 heavy (non-hydrogen) atoms. The van der Waals surface area contributed by atoms with Gasteiger partial charge in [0.15, 0.2) is 6.04 Å². The lowest BCUT2D eigenvalue weighted by Crippen LogP contribution is -2.91. The van der Waals surface area contributed by atoms with Crippen molar-refractivity contribution in [2.24, 2.45) is 0 Å². The van der Waals surface area contributed by atoms with Crippen molar-refractivity contribution in [1.29, 1.82) is 0 Å². The van der Waals surface area contributed by atoms with Crippen LogP contribution in [-0.4, -0.2) is 19.1 Å². The fourth-order valence-electron chi connectivity index (χ4n) is 2.48. The minimum Gasteiger partial charge on any atom is -0.496 e. The fourth-order valence-corrected chi connectivity index (χ4v) is 2.48. The first-order chi connectivity index (χ1) is 11.0. The molecule has 3 N–H and O–H groups in total. The molecule has 1 amide bonds. The molecule has 2 atom stereocenters. The molecule has 0 unspecified atom stereocenters. The Balaban J connectivity index is 2.02. The summed E-state index contributed by atoms with van der Waals surface area (Å²) < 4.78 is 18.9. The molecule has 0 fully saturated rings. The first kappa shape index (κ1) is 17.0. The van der Waals surface area contributed by atoms with Crippen LogP contribution in [0.4, 0.5) is 10.1 Å². The van der Waals surface area contributed by atoms with Crippen molar-refractivity contribution >= 4 is 11.6 Å². The topological polar surface area (TPSA) is 54.9 Å². The van der Waals surface area contributed by atoms with Crippen LogP contribution >= 0.6 is 0 Å². The van der Waals surface area contributed by atoms with Crippen molar-refractivity contribution in [3.63, 3.8) is 0 Å². The standard InChI is InChI=1S/C18H21FN2O2/c1-12(14-8-4-7-11-17(14)23-3)20-13(2)18(22)21-16-10-6-5-9-15(16)19/h4-13,20H,1-3H3,(H,21,22)/p+1/t12-,13+/m0/s1. The summed E-state index contributed by atoms with van der Waals surface area (Å²) in [6, 6.07) is 13.5. The van der Waals surface area contributed by atoms with Gasteiger partial charge in [0.05, 0.1) is 18.4 Å². The quantitative estimate of drug-likeness (QED) is 0.860. The molecular formula is C18H22FN2O2+. The zero-order valence-corrected chi connectivity index (χ0v) is 13.5. The maximum absolute atomic E-state index is 13.6. The molecule has 0 aliphatic rings.